The number of aromatic nitrogens is 1. The molecule has 1 rings (SSSR count). The highest BCUT2D eigenvalue weighted by molar-refractivity contribution is 5.15. The molecule has 0 N–H and O–H groups in total. The Kier molecular flexibility index (Phi) is 6.35. The number of hydrogen-bond donors (Lipinski definition) is 0. The van der Waals surface area contributed by atoms with Gasteiger partial charge >= 0.3 is 0 Å². The Morgan fingerprint density at radius 2 is 2.00 bits per heavy atom. The summed E-state index contributed by atoms with van der Waals surface area (Å²) < 4.78 is 0. The van der Waals surface area contributed by atoms with Crippen molar-refractivity contribution >= 4 is 0 Å². The van der Waals surface area contributed by atoms with Crippen LogP contribution in [0.15, 0.2) is 18.3 Å². The van der Waals surface area contributed by atoms with Crippen molar-refractivity contribution in [3.8, 4) is 0 Å². The topological polar surface area (TPSA) is 12.9 Å². The molecule has 0 spiro atoms. The first-order valence-corrected chi connectivity index (χ1v) is 4.74. The summed E-state index contributed by atoms with van der Waals surface area (Å²) >= 11 is 0. The minimum absolute atomic E-state index is 1.12. The van der Waals surface area contributed by atoms with Crippen LogP contribution in [-0.4, -0.2) is 4.98 Å². The molecule has 1 nitrogen and oxygen atoms in total. The van der Waals surface area contributed by atoms with Crippen molar-refractivity contribution in [3.63, 3.8) is 0 Å². The first kappa shape index (κ1) is 11.2. The first-order chi connectivity index (χ1) is 5.83. The van der Waals surface area contributed by atoms with Crippen LogP contribution in [-0.2, 0) is 6.42 Å². The number of nitrogens with zero attached hydrogens (tertiary/aromatic N) is 1. The van der Waals surface area contributed by atoms with E-state index in [0.29, 0.717) is 0 Å². The van der Waals surface area contributed by atoms with Gasteiger partial charge in [-0.15, -0.1) is 0 Å². The highest BCUT2D eigenvalue weighted by atomic mass is 14.6. The third-order valence-electron chi connectivity index (χ3n) is 1.50. The summed E-state index contributed by atoms with van der Waals surface area (Å²) in [6.45, 7) is 8.22. The molecular weight excluding hydrogens is 146 g/mol. The maximum atomic E-state index is 4.12. The molecule has 12 heavy (non-hydrogen) atoms. The van der Waals surface area contributed by atoms with Crippen LogP contribution in [0.2, 0.25) is 0 Å². The average Bonchev–Trinajstić information content (AvgIpc) is 2.09. The zero-order valence-electron chi connectivity index (χ0n) is 8.59. The molecule has 0 aliphatic rings. The third-order valence-corrected chi connectivity index (χ3v) is 1.50. The summed E-state index contributed by atoms with van der Waals surface area (Å²) in [4.78, 5) is 4.12. The highest BCUT2D eigenvalue weighted by Gasteiger charge is 1.89. The van der Waals surface area contributed by atoms with E-state index in [1.54, 1.807) is 0 Å². The minimum Gasteiger partial charge on any atom is -0.262 e. The number of hydrogen-bond acceptors (Lipinski definition) is 1. The Morgan fingerprint density at radius 1 is 1.33 bits per heavy atom. The van der Waals surface area contributed by atoms with Gasteiger partial charge in [0, 0.05) is 11.9 Å². The molecule has 68 valence electrons. The molecule has 0 aliphatic heterocycles. The van der Waals surface area contributed by atoms with Crippen LogP contribution in [0, 0.1) is 6.92 Å². The lowest BCUT2D eigenvalue weighted by Gasteiger charge is -1.97. The number of rotatable bonds is 2. The van der Waals surface area contributed by atoms with Gasteiger partial charge in [0.2, 0.25) is 0 Å². The predicted molar refractivity (Wildman–Crippen MR) is 54.3 cm³/mol. The standard InChI is InChI=1S/C9H13N.C2H6/c1-3-4-9-5-6-10-8(2)7-9;1-2/h5-7H,3-4H2,1-2H3;1-2H3. The second-order valence-corrected chi connectivity index (χ2v) is 2.56. The van der Waals surface area contributed by atoms with Crippen molar-refractivity contribution in [2.24, 2.45) is 0 Å². The Balaban J connectivity index is 0.000000561. The summed E-state index contributed by atoms with van der Waals surface area (Å²) in [7, 11) is 0. The molecule has 1 aromatic heterocycles. The second-order valence-electron chi connectivity index (χ2n) is 2.56. The molecule has 1 heteroatoms. The van der Waals surface area contributed by atoms with Gasteiger partial charge in [-0.2, -0.15) is 0 Å². The van der Waals surface area contributed by atoms with Crippen LogP contribution < -0.4 is 0 Å². The van der Waals surface area contributed by atoms with Crippen molar-refractivity contribution in [2.45, 2.75) is 40.5 Å². The number of aryl methyl sites for hydroxylation is 2. The Bertz CT molecular complexity index is 206. The maximum absolute atomic E-state index is 4.12. The molecule has 0 bridgehead atoms. The second kappa shape index (κ2) is 6.84. The summed E-state index contributed by atoms with van der Waals surface area (Å²) in [6.07, 6.45) is 4.26. The zero-order chi connectivity index (χ0) is 9.40. The lowest BCUT2D eigenvalue weighted by atomic mass is 10.1. The fraction of sp³-hybridized carbons (Fsp3) is 0.545. The van der Waals surface area contributed by atoms with Crippen molar-refractivity contribution in [2.75, 3.05) is 0 Å². The fourth-order valence-corrected chi connectivity index (χ4v) is 1.05. The lowest BCUT2D eigenvalue weighted by Crippen LogP contribution is -1.85. The molecule has 0 saturated carbocycles. The molecule has 1 aromatic rings. The Morgan fingerprint density at radius 3 is 2.50 bits per heavy atom. The smallest absolute Gasteiger partial charge is 0.0375 e. The number of pyridine rings is 1. The van der Waals surface area contributed by atoms with Crippen LogP contribution in [0.1, 0.15) is 38.4 Å². The quantitative estimate of drug-likeness (QED) is 0.654. The van der Waals surface area contributed by atoms with E-state index in [4.69, 9.17) is 0 Å². The summed E-state index contributed by atoms with van der Waals surface area (Å²) in [5, 5.41) is 0. The van der Waals surface area contributed by atoms with Gasteiger partial charge in [-0.25, -0.2) is 0 Å². The molecule has 0 aliphatic carbocycles. The van der Waals surface area contributed by atoms with E-state index in [-0.39, 0.29) is 0 Å². The lowest BCUT2D eigenvalue weighted by molar-refractivity contribution is 0.914. The van der Waals surface area contributed by atoms with Gasteiger partial charge in [0.05, 0.1) is 0 Å². The summed E-state index contributed by atoms with van der Waals surface area (Å²) in [5.74, 6) is 0. The highest BCUT2D eigenvalue weighted by Crippen LogP contribution is 2.02. The van der Waals surface area contributed by atoms with Gasteiger partial charge < -0.3 is 0 Å². The Hall–Kier alpha value is -0.850. The largest absolute Gasteiger partial charge is 0.262 e. The molecule has 1 heterocycles. The van der Waals surface area contributed by atoms with E-state index >= 15 is 0 Å². The van der Waals surface area contributed by atoms with Crippen LogP contribution >= 0.6 is 0 Å². The molecule has 0 saturated heterocycles. The average molecular weight is 165 g/mol. The van der Waals surface area contributed by atoms with Crippen molar-refractivity contribution < 1.29 is 0 Å². The molecule has 0 fully saturated rings. The van der Waals surface area contributed by atoms with E-state index in [1.807, 2.05) is 27.0 Å². The maximum Gasteiger partial charge on any atom is 0.0375 e. The zero-order valence-corrected chi connectivity index (χ0v) is 8.59. The van der Waals surface area contributed by atoms with Gasteiger partial charge in [0.25, 0.3) is 0 Å². The van der Waals surface area contributed by atoms with Crippen LogP contribution in [0.5, 0.6) is 0 Å². The summed E-state index contributed by atoms with van der Waals surface area (Å²) in [6, 6.07) is 4.22. The molecule has 0 aromatic carbocycles. The van der Waals surface area contributed by atoms with Gasteiger partial charge in [-0.3, -0.25) is 4.98 Å². The van der Waals surface area contributed by atoms with Gasteiger partial charge in [0.15, 0.2) is 0 Å². The van der Waals surface area contributed by atoms with Crippen molar-refractivity contribution in [3.05, 3.63) is 29.6 Å². The summed E-state index contributed by atoms with van der Waals surface area (Å²) in [5.41, 5.74) is 2.51. The molecule has 0 atom stereocenters. The normalized spacial score (nSPS) is 8.67. The first-order valence-electron chi connectivity index (χ1n) is 4.74. The van der Waals surface area contributed by atoms with Crippen LogP contribution in [0.3, 0.4) is 0 Å². The van der Waals surface area contributed by atoms with Crippen LogP contribution in [0.4, 0.5) is 0 Å². The Labute approximate surface area is 75.8 Å². The van der Waals surface area contributed by atoms with E-state index in [9.17, 15) is 0 Å². The fourth-order valence-electron chi connectivity index (χ4n) is 1.05. The van der Waals surface area contributed by atoms with E-state index in [0.717, 1.165) is 5.69 Å². The van der Waals surface area contributed by atoms with Gasteiger partial charge in [-0.05, 0) is 31.0 Å². The monoisotopic (exact) mass is 165 g/mol. The third kappa shape index (κ3) is 4.12. The van der Waals surface area contributed by atoms with Crippen LogP contribution in [0.25, 0.3) is 0 Å². The van der Waals surface area contributed by atoms with Gasteiger partial charge in [0.1, 0.15) is 0 Å². The van der Waals surface area contributed by atoms with Gasteiger partial charge in [-0.1, -0.05) is 27.2 Å². The molecular formula is C11H19N. The molecule has 0 unspecified atom stereocenters. The van der Waals surface area contributed by atoms with Crippen molar-refractivity contribution in [1.29, 1.82) is 0 Å². The van der Waals surface area contributed by atoms with E-state index in [1.165, 1.54) is 18.4 Å². The minimum atomic E-state index is 1.12. The molecule has 0 amide bonds. The van der Waals surface area contributed by atoms with Crippen molar-refractivity contribution in [1.82, 2.24) is 4.98 Å². The SMILES string of the molecule is CC.CCCc1ccnc(C)c1. The predicted octanol–water partition coefficient (Wildman–Crippen LogP) is 3.37. The van der Waals surface area contributed by atoms with E-state index in [2.05, 4.69) is 24.0 Å². The molecule has 0 radical (unpaired) electrons. The van der Waals surface area contributed by atoms with E-state index < -0.39 is 0 Å².